The van der Waals surface area contributed by atoms with Gasteiger partial charge in [-0.3, -0.25) is 9.59 Å². The molecular weight excluding hydrogens is 209 g/mol. The quantitative estimate of drug-likeness (QED) is 0.733. The first-order valence-corrected chi connectivity index (χ1v) is 5.31. The van der Waals surface area contributed by atoms with Crippen molar-refractivity contribution >= 4 is 17.4 Å². The van der Waals surface area contributed by atoms with Crippen LogP contribution in [0.5, 0.6) is 0 Å². The number of Topliss-reactive ketones (excluding diaryl/α,β-unsaturated/α-hetero) is 1. The number of benzene rings is 1. The molecular formula is C12H12FNO2. The predicted molar refractivity (Wildman–Crippen MR) is 58.0 cm³/mol. The summed E-state index contributed by atoms with van der Waals surface area (Å²) >= 11 is 0. The van der Waals surface area contributed by atoms with Crippen LogP contribution in [0.1, 0.15) is 30.1 Å². The Labute approximate surface area is 92.9 Å². The Hall–Kier alpha value is -1.71. The van der Waals surface area contributed by atoms with Gasteiger partial charge in [-0.2, -0.15) is 0 Å². The second-order valence-corrected chi connectivity index (χ2v) is 3.80. The van der Waals surface area contributed by atoms with Crippen molar-refractivity contribution in [1.29, 1.82) is 0 Å². The second-order valence-electron chi connectivity index (χ2n) is 3.80. The number of amides is 1. The van der Waals surface area contributed by atoms with E-state index in [1.807, 2.05) is 6.92 Å². The van der Waals surface area contributed by atoms with Gasteiger partial charge in [0, 0.05) is 6.54 Å². The van der Waals surface area contributed by atoms with E-state index in [9.17, 15) is 14.0 Å². The molecule has 0 unspecified atom stereocenters. The topological polar surface area (TPSA) is 37.4 Å². The smallest absolute Gasteiger partial charge is 0.299 e. The van der Waals surface area contributed by atoms with Crippen LogP contribution in [0, 0.1) is 5.82 Å². The van der Waals surface area contributed by atoms with Crippen LogP contribution in [-0.2, 0) is 4.79 Å². The number of nitrogens with zero attached hydrogens (tertiary/aromatic N) is 1. The van der Waals surface area contributed by atoms with E-state index in [1.165, 1.54) is 23.1 Å². The molecule has 2 rings (SSSR count). The van der Waals surface area contributed by atoms with Crippen molar-refractivity contribution in [1.82, 2.24) is 0 Å². The lowest BCUT2D eigenvalue weighted by atomic mass is 10.1. The molecule has 0 radical (unpaired) electrons. The molecule has 0 aliphatic carbocycles. The van der Waals surface area contributed by atoms with Crippen molar-refractivity contribution in [2.75, 3.05) is 11.4 Å². The van der Waals surface area contributed by atoms with Crippen LogP contribution in [-0.4, -0.2) is 18.2 Å². The van der Waals surface area contributed by atoms with E-state index in [0.29, 0.717) is 17.8 Å². The third kappa shape index (κ3) is 1.60. The summed E-state index contributed by atoms with van der Waals surface area (Å²) in [6.45, 7) is 2.46. The highest BCUT2D eigenvalue weighted by Crippen LogP contribution is 2.29. The summed E-state index contributed by atoms with van der Waals surface area (Å²) in [5.74, 6) is -1.51. The van der Waals surface area contributed by atoms with Crippen molar-refractivity contribution in [3.05, 3.63) is 29.6 Å². The SMILES string of the molecule is CCCCN1C(=O)C(=O)c2ccc(F)cc21. The van der Waals surface area contributed by atoms with E-state index >= 15 is 0 Å². The Morgan fingerprint density at radius 1 is 1.31 bits per heavy atom. The van der Waals surface area contributed by atoms with E-state index < -0.39 is 17.5 Å². The maximum absolute atomic E-state index is 13.1. The summed E-state index contributed by atoms with van der Waals surface area (Å²) in [6.07, 6.45) is 1.72. The average molecular weight is 221 g/mol. The van der Waals surface area contributed by atoms with E-state index in [0.717, 1.165) is 12.8 Å². The average Bonchev–Trinajstić information content (AvgIpc) is 2.50. The fourth-order valence-electron chi connectivity index (χ4n) is 1.81. The summed E-state index contributed by atoms with van der Waals surface area (Å²) in [4.78, 5) is 24.6. The molecule has 0 atom stereocenters. The van der Waals surface area contributed by atoms with E-state index in [-0.39, 0.29) is 0 Å². The molecule has 0 spiro atoms. The molecule has 1 aromatic rings. The van der Waals surface area contributed by atoms with Gasteiger partial charge in [0.2, 0.25) is 0 Å². The van der Waals surface area contributed by atoms with Crippen molar-refractivity contribution in [3.8, 4) is 0 Å². The minimum absolute atomic E-state index is 0.308. The first kappa shape index (κ1) is 10.8. The first-order chi connectivity index (χ1) is 7.65. The van der Waals surface area contributed by atoms with Crippen LogP contribution in [0.25, 0.3) is 0 Å². The van der Waals surface area contributed by atoms with Crippen LogP contribution in [0.3, 0.4) is 0 Å². The minimum atomic E-state index is -0.547. The molecule has 16 heavy (non-hydrogen) atoms. The zero-order valence-corrected chi connectivity index (χ0v) is 9.00. The molecule has 0 saturated carbocycles. The van der Waals surface area contributed by atoms with E-state index in [2.05, 4.69) is 0 Å². The largest absolute Gasteiger partial charge is 0.305 e. The molecule has 1 amide bonds. The standard InChI is InChI=1S/C12H12FNO2/c1-2-3-6-14-10-7-8(13)4-5-9(10)11(15)12(14)16/h4-5,7H,2-3,6H2,1H3. The molecule has 4 heteroatoms. The lowest BCUT2D eigenvalue weighted by Gasteiger charge is -2.15. The zero-order chi connectivity index (χ0) is 11.7. The van der Waals surface area contributed by atoms with Gasteiger partial charge >= 0.3 is 0 Å². The minimum Gasteiger partial charge on any atom is -0.305 e. The van der Waals surface area contributed by atoms with Gasteiger partial charge in [0.25, 0.3) is 11.7 Å². The molecule has 1 heterocycles. The van der Waals surface area contributed by atoms with Crippen molar-refractivity contribution in [3.63, 3.8) is 0 Å². The van der Waals surface area contributed by atoms with Crippen molar-refractivity contribution in [2.24, 2.45) is 0 Å². The normalized spacial score (nSPS) is 14.5. The Balaban J connectivity index is 2.39. The molecule has 1 aliphatic rings. The summed E-state index contributed by atoms with van der Waals surface area (Å²) in [5.41, 5.74) is 0.714. The van der Waals surface area contributed by atoms with Crippen LogP contribution in [0.15, 0.2) is 18.2 Å². The fourth-order valence-corrected chi connectivity index (χ4v) is 1.81. The number of ketones is 1. The third-order valence-electron chi connectivity index (χ3n) is 2.67. The number of carbonyl (C=O) groups excluding carboxylic acids is 2. The number of halogens is 1. The van der Waals surface area contributed by atoms with Gasteiger partial charge in [0.05, 0.1) is 11.3 Å². The monoisotopic (exact) mass is 221 g/mol. The molecule has 0 saturated heterocycles. The Morgan fingerprint density at radius 2 is 2.06 bits per heavy atom. The van der Waals surface area contributed by atoms with E-state index in [4.69, 9.17) is 0 Å². The molecule has 1 aromatic carbocycles. The lowest BCUT2D eigenvalue weighted by molar-refractivity contribution is -0.114. The molecule has 84 valence electrons. The molecule has 3 nitrogen and oxygen atoms in total. The van der Waals surface area contributed by atoms with Gasteiger partial charge in [-0.25, -0.2) is 4.39 Å². The number of hydrogen-bond acceptors (Lipinski definition) is 2. The number of hydrogen-bond donors (Lipinski definition) is 0. The fraction of sp³-hybridized carbons (Fsp3) is 0.333. The molecule has 0 fully saturated rings. The molecule has 0 aromatic heterocycles. The number of rotatable bonds is 3. The summed E-state index contributed by atoms with van der Waals surface area (Å²) in [5, 5.41) is 0. The van der Waals surface area contributed by atoms with Crippen LogP contribution in [0.2, 0.25) is 0 Å². The van der Waals surface area contributed by atoms with Crippen LogP contribution in [0.4, 0.5) is 10.1 Å². The van der Waals surface area contributed by atoms with Gasteiger partial charge in [0.15, 0.2) is 0 Å². The number of fused-ring (bicyclic) bond motifs is 1. The lowest BCUT2D eigenvalue weighted by Crippen LogP contribution is -2.30. The number of carbonyl (C=O) groups is 2. The Morgan fingerprint density at radius 3 is 2.75 bits per heavy atom. The Bertz CT molecular complexity index is 456. The highest BCUT2D eigenvalue weighted by Gasteiger charge is 2.35. The number of unbranched alkanes of at least 4 members (excludes halogenated alkanes) is 1. The van der Waals surface area contributed by atoms with Crippen LogP contribution >= 0.6 is 0 Å². The molecule has 0 N–H and O–H groups in total. The van der Waals surface area contributed by atoms with Gasteiger partial charge in [-0.05, 0) is 24.6 Å². The maximum atomic E-state index is 13.1. The predicted octanol–water partition coefficient (Wildman–Crippen LogP) is 2.16. The van der Waals surface area contributed by atoms with Crippen LogP contribution < -0.4 is 4.90 Å². The highest BCUT2D eigenvalue weighted by atomic mass is 19.1. The van der Waals surface area contributed by atoms with Gasteiger partial charge in [0.1, 0.15) is 5.82 Å². The van der Waals surface area contributed by atoms with Crippen molar-refractivity contribution < 1.29 is 14.0 Å². The first-order valence-electron chi connectivity index (χ1n) is 5.31. The Kier molecular flexibility index (Phi) is 2.73. The van der Waals surface area contributed by atoms with Gasteiger partial charge < -0.3 is 4.90 Å². The van der Waals surface area contributed by atoms with Gasteiger partial charge in [-0.1, -0.05) is 13.3 Å². The third-order valence-corrected chi connectivity index (χ3v) is 2.67. The summed E-state index contributed by atoms with van der Waals surface area (Å²) in [7, 11) is 0. The molecule has 1 aliphatic heterocycles. The maximum Gasteiger partial charge on any atom is 0.299 e. The zero-order valence-electron chi connectivity index (χ0n) is 9.00. The number of anilines is 1. The highest BCUT2D eigenvalue weighted by molar-refractivity contribution is 6.52. The summed E-state index contributed by atoms with van der Waals surface area (Å²) in [6, 6.07) is 3.82. The van der Waals surface area contributed by atoms with E-state index in [1.54, 1.807) is 0 Å². The summed E-state index contributed by atoms with van der Waals surface area (Å²) < 4.78 is 13.1. The second kappa shape index (κ2) is 4.04. The molecule has 0 bridgehead atoms. The van der Waals surface area contributed by atoms with Gasteiger partial charge in [-0.15, -0.1) is 0 Å². The van der Waals surface area contributed by atoms with Crippen molar-refractivity contribution in [2.45, 2.75) is 19.8 Å².